The van der Waals surface area contributed by atoms with Crippen molar-refractivity contribution in [3.63, 3.8) is 0 Å². The molecule has 0 saturated heterocycles. The summed E-state index contributed by atoms with van der Waals surface area (Å²) in [7, 11) is 0. The Morgan fingerprint density at radius 3 is 2.29 bits per heavy atom. The average Bonchev–Trinajstić information content (AvgIpc) is 2.04. The first-order chi connectivity index (χ1) is 6.31. The number of hydrogen-bond acceptors (Lipinski definition) is 3. The average molecular weight is 208 g/mol. The van der Waals surface area contributed by atoms with E-state index in [1.54, 1.807) is 0 Å². The molecule has 0 unspecified atom stereocenters. The van der Waals surface area contributed by atoms with Crippen LogP contribution in [0.15, 0.2) is 12.1 Å². The van der Waals surface area contributed by atoms with E-state index in [4.69, 9.17) is 10.2 Å². The van der Waals surface area contributed by atoms with Crippen molar-refractivity contribution < 1.29 is 28.1 Å². The van der Waals surface area contributed by atoms with Crippen LogP contribution in [0.2, 0.25) is 0 Å². The second-order valence-corrected chi connectivity index (χ2v) is 2.60. The van der Waals surface area contributed by atoms with E-state index in [2.05, 4.69) is 4.74 Å². The zero-order valence-corrected chi connectivity index (χ0v) is 7.09. The third-order valence-corrected chi connectivity index (χ3v) is 1.59. The van der Waals surface area contributed by atoms with Crippen LogP contribution in [0.1, 0.15) is 5.56 Å². The Morgan fingerprint density at radius 1 is 1.21 bits per heavy atom. The number of phenolic OH excluding ortho intramolecular Hbond substituents is 2. The molecule has 0 aromatic heterocycles. The Balaban J connectivity index is 3.06. The number of aromatic hydroxyl groups is 2. The van der Waals surface area contributed by atoms with Crippen LogP contribution >= 0.6 is 0 Å². The third kappa shape index (κ3) is 2.21. The summed E-state index contributed by atoms with van der Waals surface area (Å²) >= 11 is 0. The van der Waals surface area contributed by atoms with Crippen molar-refractivity contribution in [2.45, 2.75) is 13.3 Å². The molecule has 0 aliphatic rings. The molecule has 0 atom stereocenters. The van der Waals surface area contributed by atoms with Gasteiger partial charge in [0.15, 0.2) is 11.5 Å². The van der Waals surface area contributed by atoms with E-state index in [1.165, 1.54) is 6.92 Å². The normalized spacial score (nSPS) is 11.4. The van der Waals surface area contributed by atoms with Gasteiger partial charge in [-0.15, -0.1) is 13.2 Å². The monoisotopic (exact) mass is 208 g/mol. The Morgan fingerprint density at radius 2 is 1.79 bits per heavy atom. The first-order valence-corrected chi connectivity index (χ1v) is 3.58. The van der Waals surface area contributed by atoms with Crippen LogP contribution in [-0.2, 0) is 0 Å². The lowest BCUT2D eigenvalue weighted by Gasteiger charge is -2.12. The van der Waals surface area contributed by atoms with Crippen molar-refractivity contribution in [2.75, 3.05) is 0 Å². The summed E-state index contributed by atoms with van der Waals surface area (Å²) in [5.41, 5.74) is -0.165. The third-order valence-electron chi connectivity index (χ3n) is 1.59. The molecule has 0 amide bonds. The number of rotatable bonds is 1. The fourth-order valence-electron chi connectivity index (χ4n) is 0.903. The van der Waals surface area contributed by atoms with Crippen molar-refractivity contribution in [1.29, 1.82) is 0 Å². The molecule has 0 saturated carbocycles. The van der Waals surface area contributed by atoms with Crippen LogP contribution in [0.3, 0.4) is 0 Å². The second-order valence-electron chi connectivity index (χ2n) is 2.60. The van der Waals surface area contributed by atoms with Crippen molar-refractivity contribution in [3.05, 3.63) is 17.7 Å². The maximum absolute atomic E-state index is 11.8. The van der Waals surface area contributed by atoms with Crippen LogP contribution in [0, 0.1) is 6.92 Å². The van der Waals surface area contributed by atoms with E-state index in [0.717, 1.165) is 12.1 Å². The predicted molar refractivity (Wildman–Crippen MR) is 41.2 cm³/mol. The van der Waals surface area contributed by atoms with Crippen molar-refractivity contribution in [3.8, 4) is 17.2 Å². The van der Waals surface area contributed by atoms with E-state index in [1.807, 2.05) is 0 Å². The van der Waals surface area contributed by atoms with Gasteiger partial charge >= 0.3 is 6.36 Å². The molecule has 6 heteroatoms. The Labute approximate surface area is 77.4 Å². The molecule has 0 heterocycles. The van der Waals surface area contributed by atoms with E-state index >= 15 is 0 Å². The first kappa shape index (κ1) is 10.5. The minimum Gasteiger partial charge on any atom is -0.504 e. The zero-order chi connectivity index (χ0) is 10.9. The summed E-state index contributed by atoms with van der Waals surface area (Å²) in [6.07, 6.45) is -4.81. The van der Waals surface area contributed by atoms with Gasteiger partial charge in [-0.2, -0.15) is 0 Å². The van der Waals surface area contributed by atoms with Gasteiger partial charge in [-0.05, 0) is 19.1 Å². The highest BCUT2D eigenvalue weighted by Crippen LogP contribution is 2.36. The minimum absolute atomic E-state index is 0.165. The lowest BCUT2D eigenvalue weighted by Crippen LogP contribution is -2.17. The molecule has 14 heavy (non-hydrogen) atoms. The molecule has 0 spiro atoms. The smallest absolute Gasteiger partial charge is 0.504 e. The van der Waals surface area contributed by atoms with Crippen LogP contribution in [0.4, 0.5) is 13.2 Å². The minimum atomic E-state index is -4.81. The lowest BCUT2D eigenvalue weighted by atomic mass is 10.2. The molecule has 3 nitrogen and oxygen atoms in total. The van der Waals surface area contributed by atoms with Crippen molar-refractivity contribution in [2.24, 2.45) is 0 Å². The highest BCUT2D eigenvalue weighted by Gasteiger charge is 2.32. The van der Waals surface area contributed by atoms with Gasteiger partial charge in [0.1, 0.15) is 5.75 Å². The largest absolute Gasteiger partial charge is 0.573 e. The number of benzene rings is 1. The Hall–Kier alpha value is -1.59. The van der Waals surface area contributed by atoms with Gasteiger partial charge in [-0.1, -0.05) is 0 Å². The molecular formula is C8H7F3O3. The fourth-order valence-corrected chi connectivity index (χ4v) is 0.903. The van der Waals surface area contributed by atoms with Crippen molar-refractivity contribution in [1.82, 2.24) is 0 Å². The zero-order valence-electron chi connectivity index (χ0n) is 7.09. The Bertz CT molecular complexity index is 346. The van der Waals surface area contributed by atoms with E-state index < -0.39 is 23.6 Å². The number of phenols is 2. The van der Waals surface area contributed by atoms with Gasteiger partial charge in [0.05, 0.1) is 0 Å². The van der Waals surface area contributed by atoms with Crippen LogP contribution in [0.25, 0.3) is 0 Å². The number of alkyl halides is 3. The maximum Gasteiger partial charge on any atom is 0.573 e. The molecule has 0 radical (unpaired) electrons. The van der Waals surface area contributed by atoms with E-state index in [9.17, 15) is 13.2 Å². The molecule has 0 bridgehead atoms. The number of ether oxygens (including phenoxy) is 1. The standard InChI is InChI=1S/C8H7F3O3/c1-4-6(14-8(9,10)11)3-2-5(12)7(4)13/h2-3,12-13H,1H3. The summed E-state index contributed by atoms with van der Waals surface area (Å²) < 4.78 is 39.0. The summed E-state index contributed by atoms with van der Waals surface area (Å²) in [5, 5.41) is 18.0. The maximum atomic E-state index is 11.8. The fraction of sp³-hybridized carbons (Fsp3) is 0.250. The molecular weight excluding hydrogens is 201 g/mol. The first-order valence-electron chi connectivity index (χ1n) is 3.58. The van der Waals surface area contributed by atoms with Gasteiger partial charge < -0.3 is 14.9 Å². The van der Waals surface area contributed by atoms with Gasteiger partial charge in [-0.3, -0.25) is 0 Å². The molecule has 78 valence electrons. The summed E-state index contributed by atoms with van der Waals surface area (Å²) in [4.78, 5) is 0. The van der Waals surface area contributed by atoms with Crippen LogP contribution < -0.4 is 4.74 Å². The Kier molecular flexibility index (Phi) is 2.46. The quantitative estimate of drug-likeness (QED) is 0.696. The molecule has 0 aliphatic carbocycles. The van der Waals surface area contributed by atoms with Gasteiger partial charge in [0.2, 0.25) is 0 Å². The highest BCUT2D eigenvalue weighted by atomic mass is 19.4. The van der Waals surface area contributed by atoms with Gasteiger partial charge in [0.25, 0.3) is 0 Å². The number of halogens is 3. The van der Waals surface area contributed by atoms with Crippen molar-refractivity contribution >= 4 is 0 Å². The summed E-state index contributed by atoms with van der Waals surface area (Å²) in [6, 6.07) is 1.85. The summed E-state index contributed by atoms with van der Waals surface area (Å²) in [5.74, 6) is -1.64. The topological polar surface area (TPSA) is 49.7 Å². The predicted octanol–water partition coefficient (Wildman–Crippen LogP) is 2.30. The van der Waals surface area contributed by atoms with Gasteiger partial charge in [0, 0.05) is 5.56 Å². The van der Waals surface area contributed by atoms with E-state index in [-0.39, 0.29) is 5.56 Å². The summed E-state index contributed by atoms with van der Waals surface area (Å²) in [6.45, 7) is 1.20. The second kappa shape index (κ2) is 3.28. The van der Waals surface area contributed by atoms with Crippen LogP contribution in [-0.4, -0.2) is 16.6 Å². The molecule has 1 aromatic rings. The van der Waals surface area contributed by atoms with Gasteiger partial charge in [-0.25, -0.2) is 0 Å². The molecule has 2 N–H and O–H groups in total. The SMILES string of the molecule is Cc1c(OC(F)(F)F)ccc(O)c1O. The van der Waals surface area contributed by atoms with Crippen LogP contribution in [0.5, 0.6) is 17.2 Å². The molecule has 1 aromatic carbocycles. The molecule has 0 fully saturated rings. The number of hydrogen-bond donors (Lipinski definition) is 2. The van der Waals surface area contributed by atoms with E-state index in [0.29, 0.717) is 0 Å². The highest BCUT2D eigenvalue weighted by molar-refractivity contribution is 5.51. The molecule has 0 aliphatic heterocycles. The lowest BCUT2D eigenvalue weighted by molar-refractivity contribution is -0.274. The molecule has 1 rings (SSSR count).